The van der Waals surface area contributed by atoms with Crippen molar-refractivity contribution in [2.75, 3.05) is 13.2 Å². The van der Waals surface area contributed by atoms with Gasteiger partial charge in [0.25, 0.3) is 5.91 Å². The van der Waals surface area contributed by atoms with E-state index >= 15 is 0 Å². The molecule has 1 saturated carbocycles. The second kappa shape index (κ2) is 11.5. The number of carbonyl (C=O) groups excluding carboxylic acids is 2. The number of hydrogen-bond acceptors (Lipinski definition) is 4. The van der Waals surface area contributed by atoms with E-state index in [1.807, 2.05) is 43.3 Å². The van der Waals surface area contributed by atoms with Gasteiger partial charge < -0.3 is 14.5 Å². The topological polar surface area (TPSA) is 76.7 Å². The van der Waals surface area contributed by atoms with E-state index in [1.54, 1.807) is 0 Å². The lowest BCUT2D eigenvalue weighted by Gasteiger charge is -2.53. The maximum Gasteiger partial charge on any atom is 0.322 e. The minimum Gasteiger partial charge on any atom is -0.501 e. The van der Waals surface area contributed by atoms with Crippen molar-refractivity contribution >= 4 is 31.4 Å². The molecule has 0 spiro atoms. The van der Waals surface area contributed by atoms with Crippen LogP contribution in [-0.4, -0.2) is 39.7 Å². The molecule has 0 bridgehead atoms. The van der Waals surface area contributed by atoms with E-state index in [0.29, 0.717) is 19.1 Å². The molecule has 0 heterocycles. The monoisotopic (exact) mass is 480 g/mol. The number of amides is 3. The van der Waals surface area contributed by atoms with E-state index in [4.69, 9.17) is 9.16 Å². The molecular weight excluding hydrogens is 444 g/mol. The number of rotatable bonds is 9. The summed E-state index contributed by atoms with van der Waals surface area (Å²) in [4.78, 5) is 24.7. The summed E-state index contributed by atoms with van der Waals surface area (Å²) in [5, 5.41) is 7.81. The third-order valence-electron chi connectivity index (χ3n) is 6.33. The number of hydrogen-bond donors (Lipinski definition) is 2. The molecule has 2 aromatic rings. The van der Waals surface area contributed by atoms with Gasteiger partial charge in [0.15, 0.2) is 0 Å². The molecule has 0 unspecified atom stereocenters. The highest BCUT2D eigenvalue weighted by Gasteiger charge is 2.50. The number of imide groups is 1. The van der Waals surface area contributed by atoms with E-state index in [-0.39, 0.29) is 5.41 Å². The quantitative estimate of drug-likeness (QED) is 0.329. The number of nitrogens with one attached hydrogen (secondary N) is 2. The number of ether oxygens (including phenoxy) is 1. The fourth-order valence-corrected chi connectivity index (χ4v) is 6.67. The van der Waals surface area contributed by atoms with Crippen molar-refractivity contribution in [1.29, 1.82) is 0 Å². The molecule has 0 aromatic heterocycles. The Kier molecular flexibility index (Phi) is 8.69. The summed E-state index contributed by atoms with van der Waals surface area (Å²) in [7, 11) is -1.95. The summed E-state index contributed by atoms with van der Waals surface area (Å²) in [5.74, 6) is -0.0620. The summed E-state index contributed by atoms with van der Waals surface area (Å²) in [6.07, 6.45) is 4.10. The zero-order valence-corrected chi connectivity index (χ0v) is 21.7. The second-order valence-electron chi connectivity index (χ2n) is 9.97. The van der Waals surface area contributed by atoms with Crippen molar-refractivity contribution in [3.05, 3.63) is 73.0 Å². The number of carbonyl (C=O) groups is 2. The summed E-state index contributed by atoms with van der Waals surface area (Å²) in [5.41, 5.74) is -0.381. The third-order valence-corrected chi connectivity index (χ3v) is 8.81. The van der Waals surface area contributed by atoms with Crippen LogP contribution < -0.4 is 21.0 Å². The first kappa shape index (κ1) is 25.7. The van der Waals surface area contributed by atoms with Crippen LogP contribution in [0.25, 0.3) is 0 Å². The molecule has 2 N–H and O–H groups in total. The Bertz CT molecular complexity index is 928. The van der Waals surface area contributed by atoms with Crippen LogP contribution in [0, 0.1) is 11.3 Å². The first-order valence-corrected chi connectivity index (χ1v) is 13.5. The van der Waals surface area contributed by atoms with Gasteiger partial charge in [-0.1, -0.05) is 81.4 Å². The fraction of sp³-hybridized carbons (Fsp3) is 0.407. The lowest BCUT2D eigenvalue weighted by atomic mass is 9.59. The Hall–Kier alpha value is -2.90. The number of urea groups is 1. The number of benzene rings is 2. The highest BCUT2D eigenvalue weighted by molar-refractivity contribution is 6.80. The summed E-state index contributed by atoms with van der Waals surface area (Å²) >= 11 is 0. The minimum absolute atomic E-state index is 0.132. The van der Waals surface area contributed by atoms with E-state index in [9.17, 15) is 9.59 Å². The molecule has 7 heteroatoms. The van der Waals surface area contributed by atoms with Crippen molar-refractivity contribution < 1.29 is 18.8 Å². The zero-order chi connectivity index (χ0) is 24.6. The minimum atomic E-state index is -1.95. The maximum absolute atomic E-state index is 12.7. The van der Waals surface area contributed by atoms with Crippen LogP contribution in [-0.2, 0) is 14.0 Å². The molecule has 1 fully saturated rings. The van der Waals surface area contributed by atoms with Crippen molar-refractivity contribution in [3.8, 4) is 0 Å². The van der Waals surface area contributed by atoms with E-state index in [2.05, 4.69) is 55.7 Å². The molecule has 1 aliphatic carbocycles. The van der Waals surface area contributed by atoms with Crippen LogP contribution >= 0.6 is 0 Å². The van der Waals surface area contributed by atoms with Gasteiger partial charge in [-0.3, -0.25) is 10.1 Å². The van der Waals surface area contributed by atoms with Crippen LogP contribution in [0.1, 0.15) is 40.5 Å². The third kappa shape index (κ3) is 7.05. The Morgan fingerprint density at radius 2 is 1.59 bits per heavy atom. The van der Waals surface area contributed by atoms with Gasteiger partial charge in [-0.25, -0.2) is 4.79 Å². The lowest BCUT2D eigenvalue weighted by Crippen LogP contribution is -2.65. The smallest absolute Gasteiger partial charge is 0.322 e. The van der Waals surface area contributed by atoms with E-state index < -0.39 is 26.5 Å². The first-order valence-electron chi connectivity index (χ1n) is 11.9. The van der Waals surface area contributed by atoms with Gasteiger partial charge in [-0.15, -0.1) is 0 Å². The van der Waals surface area contributed by atoms with Gasteiger partial charge in [-0.05, 0) is 41.5 Å². The molecule has 0 saturated heterocycles. The van der Waals surface area contributed by atoms with Crippen LogP contribution in [0.2, 0.25) is 0 Å². The fourth-order valence-electron chi connectivity index (χ4n) is 4.27. The molecule has 3 rings (SSSR count). The van der Waals surface area contributed by atoms with E-state index in [0.717, 1.165) is 12.8 Å². The molecule has 0 atom stereocenters. The molecule has 0 radical (unpaired) electrons. The van der Waals surface area contributed by atoms with Crippen LogP contribution in [0.15, 0.2) is 73.0 Å². The Balaban J connectivity index is 1.73. The van der Waals surface area contributed by atoms with Gasteiger partial charge in [0.1, 0.15) is 0 Å². The molecule has 0 aliphatic heterocycles. The van der Waals surface area contributed by atoms with Crippen molar-refractivity contribution in [1.82, 2.24) is 10.6 Å². The molecule has 34 heavy (non-hydrogen) atoms. The standard InChI is InChI=1S/C27H36N2O4Si/c1-5-32-17-16-24(30)28-25(31)29-27(18-21(19-27)26(2,3)4)20-33-34(22-12-8-6-9-13-22)23-14-10-7-11-15-23/h6-17,21,34H,5,18-20H2,1-4H3,(H2,28,29,30,31)/b17-16-. The Labute approximate surface area is 204 Å². The Morgan fingerprint density at radius 3 is 2.09 bits per heavy atom. The average Bonchev–Trinajstić information content (AvgIpc) is 2.77. The maximum atomic E-state index is 12.7. The molecule has 2 aromatic carbocycles. The van der Waals surface area contributed by atoms with Crippen molar-refractivity contribution in [3.63, 3.8) is 0 Å². The summed E-state index contributed by atoms with van der Waals surface area (Å²) in [6.45, 7) is 9.33. The highest BCUT2D eigenvalue weighted by Crippen LogP contribution is 2.47. The molecular formula is C27H36N2O4Si. The molecule has 3 amide bonds. The Morgan fingerprint density at radius 1 is 1.03 bits per heavy atom. The van der Waals surface area contributed by atoms with Crippen LogP contribution in [0.4, 0.5) is 4.79 Å². The van der Waals surface area contributed by atoms with Crippen molar-refractivity contribution in [2.45, 2.75) is 46.1 Å². The SMILES string of the molecule is CCO/C=C\C(=O)NC(=O)NC1(CO[SiH](c2ccccc2)c2ccccc2)CC(C(C)(C)C)C1. The molecule has 182 valence electrons. The predicted molar refractivity (Wildman–Crippen MR) is 138 cm³/mol. The molecule has 6 nitrogen and oxygen atoms in total. The van der Waals surface area contributed by atoms with Crippen LogP contribution in [0.5, 0.6) is 0 Å². The van der Waals surface area contributed by atoms with Crippen molar-refractivity contribution in [2.24, 2.45) is 11.3 Å². The highest BCUT2D eigenvalue weighted by atomic mass is 28.3. The van der Waals surface area contributed by atoms with Gasteiger partial charge in [-0.2, -0.15) is 0 Å². The van der Waals surface area contributed by atoms with Gasteiger partial charge >= 0.3 is 6.03 Å². The average molecular weight is 481 g/mol. The van der Waals surface area contributed by atoms with Gasteiger partial charge in [0, 0.05) is 6.08 Å². The zero-order valence-electron chi connectivity index (χ0n) is 20.5. The van der Waals surface area contributed by atoms with Gasteiger partial charge in [0.05, 0.1) is 25.0 Å². The summed E-state index contributed by atoms with van der Waals surface area (Å²) < 4.78 is 11.7. The normalized spacial score (nSPS) is 20.1. The largest absolute Gasteiger partial charge is 0.501 e. The first-order chi connectivity index (χ1) is 16.2. The second-order valence-corrected chi connectivity index (χ2v) is 12.4. The van der Waals surface area contributed by atoms with E-state index in [1.165, 1.54) is 22.7 Å². The van der Waals surface area contributed by atoms with Gasteiger partial charge in [0.2, 0.25) is 9.04 Å². The lowest BCUT2D eigenvalue weighted by molar-refractivity contribution is -0.115. The predicted octanol–water partition coefficient (Wildman–Crippen LogP) is 3.11. The van der Waals surface area contributed by atoms with Crippen LogP contribution in [0.3, 0.4) is 0 Å². The summed E-state index contributed by atoms with van der Waals surface area (Å²) in [6, 6.07) is 20.1. The molecule has 1 aliphatic rings.